The van der Waals surface area contributed by atoms with Gasteiger partial charge in [0.25, 0.3) is 5.56 Å². The van der Waals surface area contributed by atoms with Crippen molar-refractivity contribution in [2.45, 2.75) is 52.1 Å². The maximum Gasteiger partial charge on any atom is 0.262 e. The molecule has 0 atom stereocenters. The maximum atomic E-state index is 12.9. The highest BCUT2D eigenvalue weighted by Crippen LogP contribution is 2.33. The summed E-state index contributed by atoms with van der Waals surface area (Å²) in [6.07, 6.45) is 7.00. The molecule has 0 N–H and O–H groups in total. The third-order valence-corrected chi connectivity index (χ3v) is 5.49. The van der Waals surface area contributed by atoms with Crippen LogP contribution in [0, 0.1) is 0 Å². The fourth-order valence-corrected chi connectivity index (χ4v) is 4.39. The highest BCUT2D eigenvalue weighted by atomic mass is 32.1. The van der Waals surface area contributed by atoms with Crippen molar-refractivity contribution < 1.29 is 0 Å². The van der Waals surface area contributed by atoms with Crippen molar-refractivity contribution in [2.24, 2.45) is 0 Å². The van der Waals surface area contributed by atoms with Gasteiger partial charge < -0.3 is 0 Å². The van der Waals surface area contributed by atoms with Crippen LogP contribution in [0.25, 0.3) is 10.2 Å². The number of fused-ring (bicyclic) bond motifs is 3. The zero-order valence-electron chi connectivity index (χ0n) is 13.0. The monoisotopic (exact) mass is 330 g/mol. The molecule has 0 saturated carbocycles. The van der Waals surface area contributed by atoms with Crippen LogP contribution in [0.3, 0.4) is 0 Å². The lowest BCUT2D eigenvalue weighted by molar-refractivity contribution is 0.540. The number of hydrogen-bond donors (Lipinski definition) is 0. The van der Waals surface area contributed by atoms with Crippen molar-refractivity contribution in [1.29, 1.82) is 0 Å². The van der Waals surface area contributed by atoms with E-state index in [1.54, 1.807) is 26.9 Å². The van der Waals surface area contributed by atoms with E-state index in [-0.39, 0.29) is 5.56 Å². The molecule has 7 nitrogen and oxygen atoms in total. The van der Waals surface area contributed by atoms with E-state index in [1.807, 2.05) is 0 Å². The smallest absolute Gasteiger partial charge is 0.262 e. The van der Waals surface area contributed by atoms with Crippen LogP contribution in [0.4, 0.5) is 0 Å². The first kappa shape index (κ1) is 14.5. The van der Waals surface area contributed by atoms with Crippen molar-refractivity contribution in [3.05, 3.63) is 32.9 Å². The lowest BCUT2D eigenvalue weighted by atomic mass is 9.97. The van der Waals surface area contributed by atoms with Gasteiger partial charge in [0, 0.05) is 11.4 Å². The lowest BCUT2D eigenvalue weighted by Crippen LogP contribution is -2.23. The van der Waals surface area contributed by atoms with Gasteiger partial charge in [-0.3, -0.25) is 9.36 Å². The van der Waals surface area contributed by atoms with Gasteiger partial charge in [-0.1, -0.05) is 6.92 Å². The molecule has 1 aliphatic rings. The van der Waals surface area contributed by atoms with Gasteiger partial charge in [0.15, 0.2) is 5.82 Å². The third kappa shape index (κ3) is 2.46. The number of aromatic nitrogens is 6. The van der Waals surface area contributed by atoms with Crippen LogP contribution in [0.15, 0.2) is 11.1 Å². The molecule has 0 aliphatic heterocycles. The summed E-state index contributed by atoms with van der Waals surface area (Å²) in [5, 5.41) is 12.5. The van der Waals surface area contributed by atoms with E-state index < -0.39 is 0 Å². The van der Waals surface area contributed by atoms with E-state index in [0.717, 1.165) is 42.4 Å². The van der Waals surface area contributed by atoms with Gasteiger partial charge >= 0.3 is 0 Å². The molecule has 0 saturated heterocycles. The summed E-state index contributed by atoms with van der Waals surface area (Å²) in [5.74, 6) is 0.694. The van der Waals surface area contributed by atoms with Crippen LogP contribution in [0.2, 0.25) is 0 Å². The summed E-state index contributed by atoms with van der Waals surface area (Å²) in [4.78, 5) is 19.6. The molecule has 0 bridgehead atoms. The number of rotatable bonds is 4. The molecule has 3 aromatic rings. The quantitative estimate of drug-likeness (QED) is 0.728. The number of nitrogens with zero attached hydrogens (tertiary/aromatic N) is 6. The van der Waals surface area contributed by atoms with Crippen LogP contribution >= 0.6 is 11.3 Å². The fourth-order valence-electron chi connectivity index (χ4n) is 3.17. The molecule has 0 spiro atoms. The summed E-state index contributed by atoms with van der Waals surface area (Å²) >= 11 is 1.67. The van der Waals surface area contributed by atoms with Gasteiger partial charge in [0.05, 0.1) is 18.3 Å². The number of tetrazole rings is 1. The summed E-state index contributed by atoms with van der Waals surface area (Å²) in [5.41, 5.74) is 1.25. The van der Waals surface area contributed by atoms with Crippen LogP contribution < -0.4 is 5.56 Å². The second-order valence-electron chi connectivity index (χ2n) is 5.89. The minimum atomic E-state index is 0.0282. The molecule has 0 unspecified atom stereocenters. The van der Waals surface area contributed by atoms with E-state index in [4.69, 9.17) is 0 Å². The van der Waals surface area contributed by atoms with E-state index in [1.165, 1.54) is 16.9 Å². The van der Waals surface area contributed by atoms with Crippen LogP contribution in [0.1, 0.15) is 42.5 Å². The second-order valence-corrected chi connectivity index (χ2v) is 6.97. The highest BCUT2D eigenvalue weighted by molar-refractivity contribution is 7.18. The lowest BCUT2D eigenvalue weighted by Gasteiger charge is -2.10. The molecule has 3 aromatic heterocycles. The van der Waals surface area contributed by atoms with Crippen molar-refractivity contribution in [2.75, 3.05) is 0 Å². The van der Waals surface area contributed by atoms with Gasteiger partial charge in [0.1, 0.15) is 4.83 Å². The Morgan fingerprint density at radius 1 is 1.30 bits per heavy atom. The Morgan fingerprint density at radius 2 is 2.17 bits per heavy atom. The average Bonchev–Trinajstić information content (AvgIpc) is 3.15. The van der Waals surface area contributed by atoms with Crippen molar-refractivity contribution in [3.8, 4) is 0 Å². The van der Waals surface area contributed by atoms with Gasteiger partial charge in [-0.25, -0.2) is 9.67 Å². The molecule has 8 heteroatoms. The van der Waals surface area contributed by atoms with Gasteiger partial charge in [-0.05, 0) is 48.1 Å². The topological polar surface area (TPSA) is 78.5 Å². The Labute approximate surface area is 137 Å². The molecule has 0 aromatic carbocycles. The second kappa shape index (κ2) is 5.84. The van der Waals surface area contributed by atoms with Gasteiger partial charge in [0.2, 0.25) is 0 Å². The predicted octanol–water partition coefficient (Wildman–Crippen LogP) is 1.78. The minimum Gasteiger partial charge on any atom is -0.291 e. The fraction of sp³-hybridized carbons (Fsp3) is 0.533. The minimum absolute atomic E-state index is 0.0282. The van der Waals surface area contributed by atoms with Crippen LogP contribution in [-0.2, 0) is 25.9 Å². The largest absolute Gasteiger partial charge is 0.291 e. The van der Waals surface area contributed by atoms with E-state index in [2.05, 4.69) is 27.4 Å². The van der Waals surface area contributed by atoms with Crippen molar-refractivity contribution in [3.63, 3.8) is 0 Å². The number of thiophene rings is 1. The predicted molar refractivity (Wildman–Crippen MR) is 87.7 cm³/mol. The molecule has 3 heterocycles. The van der Waals surface area contributed by atoms with Crippen molar-refractivity contribution >= 4 is 21.6 Å². The molecule has 0 radical (unpaired) electrons. The number of hydrogen-bond acceptors (Lipinski definition) is 6. The van der Waals surface area contributed by atoms with Crippen LogP contribution in [0.5, 0.6) is 0 Å². The molecule has 0 fully saturated rings. The van der Waals surface area contributed by atoms with E-state index in [0.29, 0.717) is 12.4 Å². The van der Waals surface area contributed by atoms with E-state index in [9.17, 15) is 4.79 Å². The average molecular weight is 330 g/mol. The van der Waals surface area contributed by atoms with Gasteiger partial charge in [-0.2, -0.15) is 0 Å². The first-order valence-electron chi connectivity index (χ1n) is 8.02. The zero-order valence-corrected chi connectivity index (χ0v) is 13.8. The van der Waals surface area contributed by atoms with Gasteiger partial charge in [-0.15, -0.1) is 16.4 Å². The molecule has 0 amide bonds. The Kier molecular flexibility index (Phi) is 3.68. The summed E-state index contributed by atoms with van der Waals surface area (Å²) < 4.78 is 3.38. The van der Waals surface area contributed by atoms with Crippen LogP contribution in [-0.4, -0.2) is 29.8 Å². The Bertz CT molecular complexity index is 908. The summed E-state index contributed by atoms with van der Waals surface area (Å²) in [7, 11) is 0. The SMILES string of the molecule is CCCn1nnnc1Cn1cnc2sc3c(c2c1=O)CCCC3. The van der Waals surface area contributed by atoms with E-state index >= 15 is 0 Å². The highest BCUT2D eigenvalue weighted by Gasteiger charge is 2.20. The molecular formula is C15H18N6OS. The molecule has 1 aliphatic carbocycles. The Hall–Kier alpha value is -2.09. The third-order valence-electron chi connectivity index (χ3n) is 4.30. The Balaban J connectivity index is 1.77. The summed E-state index contributed by atoms with van der Waals surface area (Å²) in [6, 6.07) is 0. The molecule has 4 rings (SSSR count). The normalized spacial score (nSPS) is 14.3. The zero-order chi connectivity index (χ0) is 15.8. The first-order valence-corrected chi connectivity index (χ1v) is 8.84. The summed E-state index contributed by atoms with van der Waals surface area (Å²) in [6.45, 7) is 3.18. The standard InChI is InChI=1S/C15H18N6OS/c1-2-7-21-12(17-18-19-21)8-20-9-16-14-13(15(20)22)10-5-3-4-6-11(10)23-14/h9H,2-8H2,1H3. The molecule has 120 valence electrons. The maximum absolute atomic E-state index is 12.9. The Morgan fingerprint density at radius 3 is 3.04 bits per heavy atom. The number of aryl methyl sites for hydroxylation is 3. The van der Waals surface area contributed by atoms with Crippen molar-refractivity contribution in [1.82, 2.24) is 29.8 Å². The molecular weight excluding hydrogens is 312 g/mol. The first-order chi connectivity index (χ1) is 11.3. The molecule has 23 heavy (non-hydrogen) atoms.